The highest BCUT2D eigenvalue weighted by atomic mass is 16.2. The summed E-state index contributed by atoms with van der Waals surface area (Å²) in [5.74, 6) is 1.51. The third-order valence-corrected chi connectivity index (χ3v) is 5.97. The van der Waals surface area contributed by atoms with E-state index in [2.05, 4.69) is 46.2 Å². The van der Waals surface area contributed by atoms with Crippen molar-refractivity contribution in [1.29, 1.82) is 0 Å². The summed E-state index contributed by atoms with van der Waals surface area (Å²) in [6.45, 7) is 8.30. The van der Waals surface area contributed by atoms with Crippen LogP contribution in [0.1, 0.15) is 40.0 Å². The van der Waals surface area contributed by atoms with E-state index >= 15 is 0 Å². The molecule has 4 N–H and O–H groups in total. The average Bonchev–Trinajstić information content (AvgIpc) is 2.78. The molecule has 2 amide bonds. The highest BCUT2D eigenvalue weighted by molar-refractivity contribution is 6.07. The Bertz CT molecular complexity index is 970. The molecular formula is C25H36N6O. The lowest BCUT2D eigenvalue weighted by molar-refractivity contribution is 0.249. The molecule has 7 heteroatoms. The molecule has 1 aliphatic heterocycles. The fourth-order valence-electron chi connectivity index (χ4n) is 4.04. The molecule has 0 bridgehead atoms. The van der Waals surface area contributed by atoms with Crippen LogP contribution in [0.5, 0.6) is 0 Å². The predicted molar refractivity (Wildman–Crippen MR) is 135 cm³/mol. The van der Waals surface area contributed by atoms with Crippen LogP contribution in [0, 0.1) is 11.8 Å². The van der Waals surface area contributed by atoms with E-state index in [1.54, 1.807) is 0 Å². The van der Waals surface area contributed by atoms with E-state index in [0.717, 1.165) is 60.4 Å². The molecule has 7 nitrogen and oxygen atoms in total. The Morgan fingerprint density at radius 2 is 1.81 bits per heavy atom. The van der Waals surface area contributed by atoms with Gasteiger partial charge >= 0.3 is 6.03 Å². The molecule has 0 aromatic heterocycles. The summed E-state index contributed by atoms with van der Waals surface area (Å²) < 4.78 is 0. The quantitative estimate of drug-likeness (QED) is 0.440. The molecule has 3 atom stereocenters. The van der Waals surface area contributed by atoms with Crippen LogP contribution in [0.25, 0.3) is 10.8 Å². The van der Waals surface area contributed by atoms with E-state index in [1.807, 2.05) is 50.4 Å². The summed E-state index contributed by atoms with van der Waals surface area (Å²) in [6.07, 6.45) is 2.58. The number of fused-ring (bicyclic) bond motifs is 1. The van der Waals surface area contributed by atoms with Gasteiger partial charge in [-0.3, -0.25) is 5.32 Å². The lowest BCUT2D eigenvalue weighted by Gasteiger charge is -2.31. The Morgan fingerprint density at radius 3 is 2.56 bits per heavy atom. The van der Waals surface area contributed by atoms with E-state index in [-0.39, 0.29) is 11.9 Å². The number of amides is 2. The highest BCUT2D eigenvalue weighted by Gasteiger charge is 2.30. The van der Waals surface area contributed by atoms with Gasteiger partial charge in [-0.1, -0.05) is 50.6 Å². The van der Waals surface area contributed by atoms with Gasteiger partial charge in [0.2, 0.25) is 6.29 Å². The van der Waals surface area contributed by atoms with Crippen molar-refractivity contribution in [3.8, 4) is 0 Å². The minimum Gasteiger partial charge on any atom is -0.373 e. The van der Waals surface area contributed by atoms with Crippen molar-refractivity contribution in [2.45, 2.75) is 46.3 Å². The molecule has 1 aliphatic rings. The second-order valence-corrected chi connectivity index (χ2v) is 8.42. The first-order valence-electron chi connectivity index (χ1n) is 11.6. The van der Waals surface area contributed by atoms with Gasteiger partial charge < -0.3 is 16.0 Å². The number of unbranched alkanes of at least 4 members (excludes halogenated alkanes) is 1. The number of nitrogens with one attached hydrogen (secondary N) is 4. The van der Waals surface area contributed by atoms with Crippen molar-refractivity contribution in [2.24, 2.45) is 21.8 Å². The van der Waals surface area contributed by atoms with Gasteiger partial charge in [-0.15, -0.1) is 0 Å². The Morgan fingerprint density at radius 1 is 1.06 bits per heavy atom. The Labute approximate surface area is 191 Å². The standard InChI is InChI=1S/C25H36N6O/c1-5-17(2)22-18(3)28-24(30-23(22)27-15-9-8-14-26-4)31-25(32)29-21-13-12-19-10-6-7-11-20(19)16-21/h6-7,10-13,16-17,22,24,26H,5,8-9,14-15H2,1-4H3,(H,27,30)(H2,29,31,32). The predicted octanol–water partition coefficient (Wildman–Crippen LogP) is 4.37. The van der Waals surface area contributed by atoms with Gasteiger partial charge in [0.1, 0.15) is 5.84 Å². The zero-order valence-corrected chi connectivity index (χ0v) is 19.6. The number of hydrogen-bond donors (Lipinski definition) is 4. The summed E-state index contributed by atoms with van der Waals surface area (Å²) in [5.41, 5.74) is 1.74. The maximum absolute atomic E-state index is 12.6. The smallest absolute Gasteiger partial charge is 0.322 e. The van der Waals surface area contributed by atoms with Crippen molar-refractivity contribution in [2.75, 3.05) is 25.5 Å². The summed E-state index contributed by atoms with van der Waals surface area (Å²) in [5, 5.41) is 14.7. The third kappa shape index (κ3) is 6.29. The Balaban J connectivity index is 1.66. The zero-order chi connectivity index (χ0) is 22.9. The first-order chi connectivity index (χ1) is 15.5. The molecular weight excluding hydrogens is 400 g/mol. The van der Waals surface area contributed by atoms with E-state index < -0.39 is 6.29 Å². The molecule has 3 rings (SSSR count). The van der Waals surface area contributed by atoms with Gasteiger partial charge in [0.15, 0.2) is 0 Å². The lowest BCUT2D eigenvalue weighted by Crippen LogP contribution is -2.46. The fraction of sp³-hybridized carbons (Fsp3) is 0.480. The lowest BCUT2D eigenvalue weighted by atomic mass is 9.86. The molecule has 0 saturated carbocycles. The molecule has 2 aromatic carbocycles. The summed E-state index contributed by atoms with van der Waals surface area (Å²) in [7, 11) is 1.97. The first-order valence-corrected chi connectivity index (χ1v) is 11.6. The normalized spacial score (nSPS) is 19.1. The number of rotatable bonds is 9. The van der Waals surface area contributed by atoms with Gasteiger partial charge in [0, 0.05) is 17.9 Å². The first kappa shape index (κ1) is 23.7. The monoisotopic (exact) mass is 436 g/mol. The number of hydrogen-bond acceptors (Lipinski definition) is 5. The van der Waals surface area contributed by atoms with Crippen LogP contribution < -0.4 is 21.3 Å². The van der Waals surface area contributed by atoms with E-state index in [1.165, 1.54) is 0 Å². The number of aliphatic imine (C=N–C) groups is 2. The van der Waals surface area contributed by atoms with E-state index in [9.17, 15) is 4.79 Å². The van der Waals surface area contributed by atoms with Crippen LogP contribution in [0.15, 0.2) is 52.4 Å². The average molecular weight is 437 g/mol. The van der Waals surface area contributed by atoms with E-state index in [0.29, 0.717) is 5.92 Å². The Kier molecular flexibility index (Phi) is 8.62. The van der Waals surface area contributed by atoms with Crippen LogP contribution in [0.4, 0.5) is 10.5 Å². The molecule has 172 valence electrons. The molecule has 32 heavy (non-hydrogen) atoms. The number of carbonyl (C=O) groups excluding carboxylic acids is 1. The van der Waals surface area contributed by atoms with Crippen molar-refractivity contribution >= 4 is 34.0 Å². The number of urea groups is 1. The number of benzene rings is 2. The summed E-state index contributed by atoms with van der Waals surface area (Å²) in [6, 6.07) is 13.6. The van der Waals surface area contributed by atoms with Crippen LogP contribution in [-0.2, 0) is 0 Å². The van der Waals surface area contributed by atoms with Crippen LogP contribution in [0.2, 0.25) is 0 Å². The molecule has 0 fully saturated rings. The van der Waals surface area contributed by atoms with Gasteiger partial charge in [-0.05, 0) is 62.2 Å². The topological polar surface area (TPSA) is 89.9 Å². The molecule has 2 aromatic rings. The van der Waals surface area contributed by atoms with Gasteiger partial charge in [0.05, 0.1) is 5.92 Å². The maximum atomic E-state index is 12.6. The van der Waals surface area contributed by atoms with Gasteiger partial charge in [-0.2, -0.15) is 0 Å². The second kappa shape index (κ2) is 11.6. The largest absolute Gasteiger partial charge is 0.373 e. The minimum absolute atomic E-state index is 0.158. The van der Waals surface area contributed by atoms with Crippen molar-refractivity contribution < 1.29 is 4.79 Å². The third-order valence-electron chi connectivity index (χ3n) is 5.97. The number of carbonyl (C=O) groups is 1. The maximum Gasteiger partial charge on any atom is 0.322 e. The summed E-state index contributed by atoms with van der Waals surface area (Å²) >= 11 is 0. The highest BCUT2D eigenvalue weighted by Crippen LogP contribution is 2.23. The fourth-order valence-corrected chi connectivity index (χ4v) is 4.04. The molecule has 0 radical (unpaired) electrons. The molecule has 1 heterocycles. The number of nitrogens with zero attached hydrogens (tertiary/aromatic N) is 2. The van der Waals surface area contributed by atoms with Gasteiger partial charge in [-0.25, -0.2) is 14.8 Å². The molecule has 0 aliphatic carbocycles. The number of anilines is 1. The van der Waals surface area contributed by atoms with Crippen molar-refractivity contribution in [3.05, 3.63) is 42.5 Å². The molecule has 3 unspecified atom stereocenters. The number of amidine groups is 1. The van der Waals surface area contributed by atoms with Crippen LogP contribution in [0.3, 0.4) is 0 Å². The van der Waals surface area contributed by atoms with E-state index in [4.69, 9.17) is 4.99 Å². The second-order valence-electron chi connectivity index (χ2n) is 8.42. The summed E-state index contributed by atoms with van der Waals surface area (Å²) in [4.78, 5) is 22.1. The zero-order valence-electron chi connectivity index (χ0n) is 19.6. The van der Waals surface area contributed by atoms with Crippen LogP contribution in [-0.4, -0.2) is 44.0 Å². The van der Waals surface area contributed by atoms with Crippen molar-refractivity contribution in [3.63, 3.8) is 0 Å². The SMILES string of the molecule is CCC(C)C1C(C)=NC(NC(=O)Nc2ccc3ccccc3c2)N=C1NCCCCNC. The van der Waals surface area contributed by atoms with Gasteiger partial charge in [0.25, 0.3) is 0 Å². The van der Waals surface area contributed by atoms with Crippen LogP contribution >= 0.6 is 0 Å². The molecule has 0 saturated heterocycles. The molecule has 0 spiro atoms. The Hall–Kier alpha value is -2.93. The minimum atomic E-state index is -0.629. The van der Waals surface area contributed by atoms with Crippen molar-refractivity contribution in [1.82, 2.24) is 16.0 Å².